The fraction of sp³-hybridized carbons (Fsp3) is 0.303. The van der Waals surface area contributed by atoms with Gasteiger partial charge in [0.15, 0.2) is 0 Å². The number of aryl methyl sites for hydroxylation is 1. The molecule has 2 aromatic rings. The van der Waals surface area contributed by atoms with Crippen molar-refractivity contribution in [3.05, 3.63) is 102 Å². The molecule has 1 atom stereocenters. The van der Waals surface area contributed by atoms with Crippen LogP contribution in [0.15, 0.2) is 84.9 Å². The van der Waals surface area contributed by atoms with Crippen LogP contribution in [0.2, 0.25) is 0 Å². The first-order valence-electron chi connectivity index (χ1n) is 13.3. The van der Waals surface area contributed by atoms with Gasteiger partial charge in [0, 0.05) is 0 Å². The predicted molar refractivity (Wildman–Crippen MR) is 154 cm³/mol. The van der Waals surface area contributed by atoms with E-state index in [1.54, 1.807) is 0 Å². The zero-order valence-electron chi connectivity index (χ0n) is 23.1. The van der Waals surface area contributed by atoms with Gasteiger partial charge < -0.3 is 14.0 Å². The highest BCUT2D eigenvalue weighted by Crippen LogP contribution is 2.44. The average Bonchev–Trinajstić information content (AvgIpc) is 3.19. The van der Waals surface area contributed by atoms with Gasteiger partial charge in [-0.3, -0.25) is 4.79 Å². The molecule has 0 spiro atoms. The summed E-state index contributed by atoms with van der Waals surface area (Å²) in [5, 5.41) is 0. The van der Waals surface area contributed by atoms with Gasteiger partial charge >= 0.3 is 13.1 Å². The van der Waals surface area contributed by atoms with Crippen LogP contribution in [0, 0.1) is 6.92 Å². The Labute approximate surface area is 226 Å². The van der Waals surface area contributed by atoms with Gasteiger partial charge in [-0.25, -0.2) is 0 Å². The molecule has 3 aliphatic rings. The molecule has 1 fully saturated rings. The highest BCUT2D eigenvalue weighted by Gasteiger charge is 2.51. The summed E-state index contributed by atoms with van der Waals surface area (Å²) < 4.78 is 18.1. The zero-order chi connectivity index (χ0) is 27.1. The van der Waals surface area contributed by atoms with Crippen molar-refractivity contribution in [1.82, 2.24) is 0 Å². The minimum absolute atomic E-state index is 0.259. The molecule has 1 aliphatic heterocycles. The molecule has 194 valence electrons. The fourth-order valence-electron chi connectivity index (χ4n) is 5.05. The van der Waals surface area contributed by atoms with E-state index in [1.807, 2.05) is 77.1 Å². The van der Waals surface area contributed by atoms with Crippen molar-refractivity contribution >= 4 is 18.6 Å². The molecule has 0 bridgehead atoms. The quantitative estimate of drug-likeness (QED) is 0.214. The van der Waals surface area contributed by atoms with Gasteiger partial charge in [-0.05, 0) is 86.5 Å². The second kappa shape index (κ2) is 10.0. The van der Waals surface area contributed by atoms with Crippen molar-refractivity contribution in [3.63, 3.8) is 0 Å². The van der Waals surface area contributed by atoms with E-state index in [1.165, 1.54) is 5.56 Å². The molecule has 2 aliphatic carbocycles. The smallest absolute Gasteiger partial charge is 0.465 e. The third kappa shape index (κ3) is 4.77. The fourth-order valence-corrected chi connectivity index (χ4v) is 5.05. The average molecular weight is 506 g/mol. The molecule has 0 aromatic heterocycles. The van der Waals surface area contributed by atoms with Gasteiger partial charge in [-0.1, -0.05) is 84.4 Å². The normalized spacial score (nSPS) is 16.9. The van der Waals surface area contributed by atoms with Crippen molar-refractivity contribution in [2.24, 2.45) is 0 Å². The minimum Gasteiger partial charge on any atom is -0.465 e. The number of fused-ring (bicyclic) bond motifs is 1. The van der Waals surface area contributed by atoms with Gasteiger partial charge in [0.2, 0.25) is 0 Å². The van der Waals surface area contributed by atoms with E-state index < -0.39 is 24.2 Å². The lowest BCUT2D eigenvalue weighted by atomic mass is 9.77. The Morgan fingerprint density at radius 2 is 1.42 bits per heavy atom. The largest absolute Gasteiger partial charge is 0.494 e. The third-order valence-corrected chi connectivity index (χ3v) is 7.93. The summed E-state index contributed by atoms with van der Waals surface area (Å²) in [6.45, 7) is 12.4. The second-order valence-electron chi connectivity index (χ2n) is 11.1. The Morgan fingerprint density at radius 3 is 2.03 bits per heavy atom. The lowest BCUT2D eigenvalue weighted by molar-refractivity contribution is -0.143. The van der Waals surface area contributed by atoms with Crippen LogP contribution in [-0.4, -0.2) is 30.9 Å². The Hall–Kier alpha value is -3.41. The maximum absolute atomic E-state index is 13.5. The maximum atomic E-state index is 13.5. The number of carbonyl (C=O) groups is 1. The first-order valence-corrected chi connectivity index (χ1v) is 13.3. The molecule has 1 unspecified atom stereocenters. The number of benzene rings is 2. The van der Waals surface area contributed by atoms with Crippen LogP contribution in [0.25, 0.3) is 22.3 Å². The van der Waals surface area contributed by atoms with Crippen molar-refractivity contribution in [2.75, 3.05) is 6.61 Å². The van der Waals surface area contributed by atoms with Crippen LogP contribution >= 0.6 is 0 Å². The van der Waals surface area contributed by atoms with E-state index in [0.29, 0.717) is 6.61 Å². The van der Waals surface area contributed by atoms with Crippen LogP contribution in [0.3, 0.4) is 0 Å². The van der Waals surface area contributed by atoms with Crippen LogP contribution < -0.4 is 5.46 Å². The van der Waals surface area contributed by atoms with E-state index >= 15 is 0 Å². The topological polar surface area (TPSA) is 44.8 Å². The summed E-state index contributed by atoms with van der Waals surface area (Å²) >= 11 is 0. The molecule has 1 saturated heterocycles. The van der Waals surface area contributed by atoms with E-state index in [2.05, 4.69) is 49.4 Å². The monoisotopic (exact) mass is 506 g/mol. The van der Waals surface area contributed by atoms with Crippen molar-refractivity contribution in [2.45, 2.75) is 58.7 Å². The van der Waals surface area contributed by atoms with Crippen LogP contribution in [0.5, 0.6) is 0 Å². The predicted octanol–water partition coefficient (Wildman–Crippen LogP) is 6.76. The Bertz CT molecular complexity index is 1390. The van der Waals surface area contributed by atoms with Crippen molar-refractivity contribution in [3.8, 4) is 22.3 Å². The first-order chi connectivity index (χ1) is 18.1. The van der Waals surface area contributed by atoms with Crippen LogP contribution in [0.1, 0.15) is 57.2 Å². The highest BCUT2D eigenvalue weighted by atomic mass is 16.7. The number of ether oxygens (including phenoxy) is 1. The Kier molecular flexibility index (Phi) is 6.93. The second-order valence-corrected chi connectivity index (χ2v) is 11.1. The molecular formula is C33H35BO4. The lowest BCUT2D eigenvalue weighted by Gasteiger charge is -2.32. The molecule has 0 N–H and O–H groups in total. The Morgan fingerprint density at radius 1 is 0.816 bits per heavy atom. The highest BCUT2D eigenvalue weighted by molar-refractivity contribution is 6.62. The van der Waals surface area contributed by atoms with E-state index in [9.17, 15) is 4.79 Å². The van der Waals surface area contributed by atoms with Gasteiger partial charge in [0.25, 0.3) is 0 Å². The van der Waals surface area contributed by atoms with Gasteiger partial charge in [0.1, 0.15) is 5.92 Å². The third-order valence-electron chi connectivity index (χ3n) is 7.93. The summed E-state index contributed by atoms with van der Waals surface area (Å²) in [5.41, 5.74) is 7.49. The van der Waals surface area contributed by atoms with E-state index in [-0.39, 0.29) is 5.97 Å². The summed E-state index contributed by atoms with van der Waals surface area (Å²) in [4.78, 5) is 13.5. The molecule has 0 saturated carbocycles. The van der Waals surface area contributed by atoms with Crippen LogP contribution in [-0.2, 0) is 18.8 Å². The molecule has 1 heterocycles. The summed E-state index contributed by atoms with van der Waals surface area (Å²) in [7, 11) is -0.456. The summed E-state index contributed by atoms with van der Waals surface area (Å²) in [6, 6.07) is 28.9. The summed E-state index contributed by atoms with van der Waals surface area (Å²) in [6.07, 6.45) is 0. The van der Waals surface area contributed by atoms with Gasteiger partial charge in [0.05, 0.1) is 17.8 Å². The summed E-state index contributed by atoms with van der Waals surface area (Å²) in [5.74, 6) is -0.823. The molecule has 4 nitrogen and oxygen atoms in total. The lowest BCUT2D eigenvalue weighted by Crippen LogP contribution is -2.41. The van der Waals surface area contributed by atoms with E-state index in [0.717, 1.165) is 38.8 Å². The van der Waals surface area contributed by atoms with Crippen molar-refractivity contribution in [1.29, 1.82) is 0 Å². The number of carbonyl (C=O) groups excluding carboxylic acids is 1. The molecule has 0 radical (unpaired) electrons. The van der Waals surface area contributed by atoms with Crippen molar-refractivity contribution < 1.29 is 18.8 Å². The number of hydrogen-bond donors (Lipinski definition) is 0. The molecule has 5 rings (SSSR count). The molecule has 38 heavy (non-hydrogen) atoms. The van der Waals surface area contributed by atoms with Gasteiger partial charge in [-0.15, -0.1) is 0 Å². The first kappa shape index (κ1) is 26.2. The maximum Gasteiger partial charge on any atom is 0.494 e. The molecule has 5 heteroatoms. The number of esters is 1. The SMILES string of the molecule is CCOC(=O)C(c1ccc(B2OC(C)(C)C(C)(C)O2)cc1)c1cc(-c2ccc(C)cc2)c2cccccc1-2. The standard InChI is InChI=1S/C33H35BO4/c1-7-36-31(35)30(24-17-19-25(20-18-24)34-37-32(3,4)33(5,6)38-34)29-21-28(23-15-13-22(2)14-16-23)26-11-9-8-10-12-27(26)29/h8-21,30H,7H2,1-6H3. The minimum atomic E-state index is -0.564. The molecular weight excluding hydrogens is 471 g/mol. The zero-order valence-corrected chi connectivity index (χ0v) is 23.1. The Balaban J connectivity index is 1.58. The van der Waals surface area contributed by atoms with Crippen LogP contribution in [0.4, 0.5) is 0 Å². The molecule has 2 aromatic carbocycles. The number of hydrogen-bond acceptors (Lipinski definition) is 4. The van der Waals surface area contributed by atoms with E-state index in [4.69, 9.17) is 14.0 Å². The number of rotatable bonds is 6. The molecule has 0 amide bonds. The van der Waals surface area contributed by atoms with Gasteiger partial charge in [-0.2, -0.15) is 0 Å².